The van der Waals surface area contributed by atoms with E-state index in [4.69, 9.17) is 4.74 Å². The lowest BCUT2D eigenvalue weighted by Gasteiger charge is -2.32. The summed E-state index contributed by atoms with van der Waals surface area (Å²) in [7, 11) is 0. The van der Waals surface area contributed by atoms with Gasteiger partial charge in [-0.25, -0.2) is 0 Å². The first-order chi connectivity index (χ1) is 11.8. The number of carbonyl (C=O) groups is 1. The first kappa shape index (κ1) is 16.7. The Morgan fingerprint density at radius 3 is 2.50 bits per heavy atom. The third-order valence-electron chi connectivity index (χ3n) is 4.60. The number of ether oxygens (including phenoxy) is 1. The maximum absolute atomic E-state index is 12.8. The largest absolute Gasteiger partial charge is 0.381 e. The van der Waals surface area contributed by atoms with E-state index in [-0.39, 0.29) is 5.91 Å². The summed E-state index contributed by atoms with van der Waals surface area (Å²) in [5.41, 5.74) is 3.08. The average Bonchev–Trinajstić information content (AvgIpc) is 2.67. The molecule has 0 N–H and O–H groups in total. The molecule has 1 fully saturated rings. The molecule has 1 amide bonds. The van der Waals surface area contributed by atoms with Gasteiger partial charge >= 0.3 is 0 Å². The van der Waals surface area contributed by atoms with Gasteiger partial charge < -0.3 is 9.64 Å². The monoisotopic (exact) mass is 323 g/mol. The van der Waals surface area contributed by atoms with Crippen LogP contribution in [0, 0.1) is 5.92 Å². The number of likely N-dealkylation sites (tertiary alicyclic amines) is 1. The standard InChI is InChI=1S/C21H25NO2/c1-2-24-16-17-7-6-14-22(15-17)21(23)20-12-10-19(11-13-20)18-8-4-3-5-9-18/h3-5,8-13,17H,2,6-7,14-16H2,1H3. The first-order valence-corrected chi connectivity index (χ1v) is 8.80. The van der Waals surface area contributed by atoms with Gasteiger partial charge in [0, 0.05) is 25.3 Å². The minimum atomic E-state index is 0.135. The van der Waals surface area contributed by atoms with Crippen LogP contribution in [0.4, 0.5) is 0 Å². The van der Waals surface area contributed by atoms with Crippen molar-refractivity contribution in [2.24, 2.45) is 5.92 Å². The molecule has 2 aromatic rings. The predicted molar refractivity (Wildman–Crippen MR) is 97.0 cm³/mol. The van der Waals surface area contributed by atoms with Gasteiger partial charge in [0.2, 0.25) is 0 Å². The maximum atomic E-state index is 12.8. The molecule has 0 radical (unpaired) electrons. The molecule has 24 heavy (non-hydrogen) atoms. The Labute approximate surface area is 144 Å². The molecule has 1 aliphatic heterocycles. The molecule has 1 atom stereocenters. The number of piperidine rings is 1. The Hall–Kier alpha value is -2.13. The fourth-order valence-electron chi connectivity index (χ4n) is 3.29. The van der Waals surface area contributed by atoms with E-state index in [2.05, 4.69) is 12.1 Å². The predicted octanol–water partition coefficient (Wildman–Crippen LogP) is 4.24. The van der Waals surface area contributed by atoms with E-state index in [0.29, 0.717) is 5.92 Å². The number of benzene rings is 2. The van der Waals surface area contributed by atoms with Crippen LogP contribution >= 0.6 is 0 Å². The highest BCUT2D eigenvalue weighted by molar-refractivity contribution is 5.94. The van der Waals surface area contributed by atoms with Crippen molar-refractivity contribution in [2.45, 2.75) is 19.8 Å². The highest BCUT2D eigenvalue weighted by Gasteiger charge is 2.24. The van der Waals surface area contributed by atoms with Crippen molar-refractivity contribution < 1.29 is 9.53 Å². The lowest BCUT2D eigenvalue weighted by molar-refractivity contribution is 0.0501. The Bertz CT molecular complexity index is 651. The highest BCUT2D eigenvalue weighted by Crippen LogP contribution is 2.22. The molecular weight excluding hydrogens is 298 g/mol. The normalized spacial score (nSPS) is 17.7. The van der Waals surface area contributed by atoms with Gasteiger partial charge in [0.25, 0.3) is 5.91 Å². The van der Waals surface area contributed by atoms with Gasteiger partial charge in [-0.1, -0.05) is 42.5 Å². The smallest absolute Gasteiger partial charge is 0.253 e. The molecule has 1 aliphatic rings. The van der Waals surface area contributed by atoms with Gasteiger partial charge in [-0.15, -0.1) is 0 Å². The summed E-state index contributed by atoms with van der Waals surface area (Å²) in [5, 5.41) is 0. The lowest BCUT2D eigenvalue weighted by Crippen LogP contribution is -2.41. The van der Waals surface area contributed by atoms with Gasteiger partial charge in [-0.05, 0) is 48.9 Å². The molecule has 0 aromatic heterocycles. The third-order valence-corrected chi connectivity index (χ3v) is 4.60. The summed E-state index contributed by atoms with van der Waals surface area (Å²) < 4.78 is 5.53. The molecule has 3 nitrogen and oxygen atoms in total. The number of hydrogen-bond acceptors (Lipinski definition) is 2. The Kier molecular flexibility index (Phi) is 5.65. The van der Waals surface area contributed by atoms with Crippen LogP contribution in [0.25, 0.3) is 11.1 Å². The van der Waals surface area contributed by atoms with Crippen LogP contribution in [0.15, 0.2) is 54.6 Å². The van der Waals surface area contributed by atoms with Gasteiger partial charge in [-0.3, -0.25) is 4.79 Å². The Morgan fingerprint density at radius 1 is 1.08 bits per heavy atom. The first-order valence-electron chi connectivity index (χ1n) is 8.80. The van der Waals surface area contributed by atoms with Crippen LogP contribution in [-0.4, -0.2) is 37.1 Å². The summed E-state index contributed by atoms with van der Waals surface area (Å²) in [5.74, 6) is 0.599. The van der Waals surface area contributed by atoms with Crippen molar-refractivity contribution in [1.29, 1.82) is 0 Å². The van der Waals surface area contributed by atoms with Crippen molar-refractivity contribution >= 4 is 5.91 Å². The van der Waals surface area contributed by atoms with Gasteiger partial charge in [0.1, 0.15) is 0 Å². The fraction of sp³-hybridized carbons (Fsp3) is 0.381. The second-order valence-electron chi connectivity index (χ2n) is 6.36. The topological polar surface area (TPSA) is 29.5 Å². The molecular formula is C21H25NO2. The minimum Gasteiger partial charge on any atom is -0.381 e. The zero-order valence-electron chi connectivity index (χ0n) is 14.3. The van der Waals surface area contributed by atoms with Crippen molar-refractivity contribution in [3.8, 4) is 11.1 Å². The second-order valence-corrected chi connectivity index (χ2v) is 6.36. The molecule has 0 spiro atoms. The Balaban J connectivity index is 1.66. The maximum Gasteiger partial charge on any atom is 0.253 e. The van der Waals surface area contributed by atoms with Crippen LogP contribution in [0.2, 0.25) is 0 Å². The number of rotatable bonds is 5. The van der Waals surface area contributed by atoms with Gasteiger partial charge in [-0.2, -0.15) is 0 Å². The van der Waals surface area contributed by atoms with Crippen molar-refractivity contribution in [2.75, 3.05) is 26.3 Å². The molecule has 3 heteroatoms. The minimum absolute atomic E-state index is 0.135. The lowest BCUT2D eigenvalue weighted by atomic mass is 9.97. The van der Waals surface area contributed by atoms with E-state index >= 15 is 0 Å². The average molecular weight is 323 g/mol. The van der Waals surface area contributed by atoms with E-state index in [1.165, 1.54) is 5.56 Å². The Morgan fingerprint density at radius 2 is 1.79 bits per heavy atom. The zero-order valence-corrected chi connectivity index (χ0v) is 14.3. The number of amides is 1. The third kappa shape index (κ3) is 4.04. The fourth-order valence-corrected chi connectivity index (χ4v) is 3.29. The summed E-state index contributed by atoms with van der Waals surface area (Å²) in [6.45, 7) is 5.17. The number of hydrogen-bond donors (Lipinski definition) is 0. The van der Waals surface area contributed by atoms with E-state index in [1.807, 2.05) is 54.3 Å². The molecule has 2 aromatic carbocycles. The molecule has 3 rings (SSSR count). The van der Waals surface area contributed by atoms with Gasteiger partial charge in [0.05, 0.1) is 6.61 Å². The number of nitrogens with zero attached hydrogens (tertiary/aromatic N) is 1. The van der Waals surface area contributed by atoms with Crippen molar-refractivity contribution in [3.05, 3.63) is 60.2 Å². The van der Waals surface area contributed by atoms with Crippen LogP contribution < -0.4 is 0 Å². The molecule has 126 valence electrons. The molecule has 1 heterocycles. The van der Waals surface area contributed by atoms with Crippen LogP contribution in [0.1, 0.15) is 30.1 Å². The summed E-state index contributed by atoms with van der Waals surface area (Å²) >= 11 is 0. The number of carbonyl (C=O) groups excluding carboxylic acids is 1. The quantitative estimate of drug-likeness (QED) is 0.823. The zero-order chi connectivity index (χ0) is 16.8. The van der Waals surface area contributed by atoms with E-state index in [9.17, 15) is 4.79 Å². The van der Waals surface area contributed by atoms with Crippen molar-refractivity contribution in [1.82, 2.24) is 4.90 Å². The molecule has 0 aliphatic carbocycles. The molecule has 1 unspecified atom stereocenters. The molecule has 0 bridgehead atoms. The SMILES string of the molecule is CCOCC1CCCN(C(=O)c2ccc(-c3ccccc3)cc2)C1. The molecule has 0 saturated carbocycles. The summed E-state index contributed by atoms with van der Waals surface area (Å²) in [4.78, 5) is 14.7. The second kappa shape index (κ2) is 8.11. The van der Waals surface area contributed by atoms with E-state index < -0.39 is 0 Å². The van der Waals surface area contributed by atoms with Crippen LogP contribution in [-0.2, 0) is 4.74 Å². The molecule has 1 saturated heterocycles. The summed E-state index contributed by atoms with van der Waals surface area (Å²) in [6.07, 6.45) is 2.21. The van der Waals surface area contributed by atoms with E-state index in [0.717, 1.165) is 50.3 Å². The van der Waals surface area contributed by atoms with Crippen LogP contribution in [0.5, 0.6) is 0 Å². The highest BCUT2D eigenvalue weighted by atomic mass is 16.5. The van der Waals surface area contributed by atoms with Crippen molar-refractivity contribution in [3.63, 3.8) is 0 Å². The van der Waals surface area contributed by atoms with Gasteiger partial charge in [0.15, 0.2) is 0 Å². The van der Waals surface area contributed by atoms with Crippen LogP contribution in [0.3, 0.4) is 0 Å². The summed E-state index contributed by atoms with van der Waals surface area (Å²) in [6, 6.07) is 18.2. The van der Waals surface area contributed by atoms with E-state index in [1.54, 1.807) is 0 Å².